The molecule has 2 rings (SSSR count). The fraction of sp³-hybridized carbons (Fsp3) is 0.600. The first kappa shape index (κ1) is 13.7. The zero-order valence-electron chi connectivity index (χ0n) is 12.1. The summed E-state index contributed by atoms with van der Waals surface area (Å²) in [6.07, 6.45) is 0. The molecular formula is C15H22BrNO. The fourth-order valence-corrected chi connectivity index (χ4v) is 3.18. The highest BCUT2D eigenvalue weighted by molar-refractivity contribution is 9.10. The van der Waals surface area contributed by atoms with Gasteiger partial charge in [-0.1, -0.05) is 20.8 Å². The lowest BCUT2D eigenvalue weighted by Gasteiger charge is -2.40. The number of benzene rings is 1. The molecule has 0 N–H and O–H groups in total. The lowest BCUT2D eigenvalue weighted by molar-refractivity contribution is 0.106. The summed E-state index contributed by atoms with van der Waals surface area (Å²) in [4.78, 5) is 2.26. The number of likely N-dealkylation sites (N-methyl/N-ethyl adjacent to an activating group) is 1. The number of hydrogen-bond acceptors (Lipinski definition) is 2. The Kier molecular flexibility index (Phi) is 3.17. The van der Waals surface area contributed by atoms with Gasteiger partial charge in [0.05, 0.1) is 12.2 Å². The van der Waals surface area contributed by atoms with Gasteiger partial charge in [0.2, 0.25) is 0 Å². The van der Waals surface area contributed by atoms with Crippen LogP contribution >= 0.6 is 15.9 Å². The first-order chi connectivity index (χ1) is 8.10. The molecule has 1 aromatic carbocycles. The summed E-state index contributed by atoms with van der Waals surface area (Å²) < 4.78 is 7.25. The van der Waals surface area contributed by atoms with Gasteiger partial charge in [0.25, 0.3) is 0 Å². The molecule has 1 heterocycles. The minimum Gasteiger partial charge on any atom is -0.484 e. The lowest BCUT2D eigenvalue weighted by Crippen LogP contribution is -2.45. The quantitative estimate of drug-likeness (QED) is 0.706. The zero-order chi connectivity index (χ0) is 13.7. The maximum absolute atomic E-state index is 6.13. The van der Waals surface area contributed by atoms with Gasteiger partial charge in [0, 0.05) is 11.5 Å². The summed E-state index contributed by atoms with van der Waals surface area (Å²) in [6.45, 7) is 11.8. The standard InChI is InChI=1S/C15H22BrNO/c1-14(2,3)10-7-11(16)13-12(8-10)18-15(4,5)9-17(13)6/h7-8H,9H2,1-6H3. The topological polar surface area (TPSA) is 12.5 Å². The third-order valence-electron chi connectivity index (χ3n) is 3.28. The van der Waals surface area contributed by atoms with Crippen molar-refractivity contribution in [2.45, 2.75) is 45.6 Å². The van der Waals surface area contributed by atoms with Crippen LogP contribution in [0.4, 0.5) is 5.69 Å². The number of ether oxygens (including phenoxy) is 1. The van der Waals surface area contributed by atoms with Crippen LogP contribution in [0, 0.1) is 0 Å². The second-order valence-corrected chi connectivity index (χ2v) is 7.63. The van der Waals surface area contributed by atoms with Crippen LogP contribution in [0.2, 0.25) is 0 Å². The van der Waals surface area contributed by atoms with Crippen molar-refractivity contribution < 1.29 is 4.74 Å². The van der Waals surface area contributed by atoms with Crippen LogP contribution in [-0.4, -0.2) is 19.2 Å². The summed E-state index contributed by atoms with van der Waals surface area (Å²) in [7, 11) is 2.12. The van der Waals surface area contributed by atoms with E-state index in [9.17, 15) is 0 Å². The van der Waals surface area contributed by atoms with Crippen LogP contribution in [0.25, 0.3) is 0 Å². The molecule has 0 bridgehead atoms. The van der Waals surface area contributed by atoms with Gasteiger partial charge in [-0.05, 0) is 52.9 Å². The van der Waals surface area contributed by atoms with Gasteiger partial charge in [0.1, 0.15) is 11.4 Å². The molecule has 0 spiro atoms. The Balaban J connectivity index is 2.56. The molecule has 0 atom stereocenters. The molecule has 0 unspecified atom stereocenters. The summed E-state index contributed by atoms with van der Waals surface area (Å²) in [5.41, 5.74) is 2.43. The molecule has 0 amide bonds. The van der Waals surface area contributed by atoms with E-state index >= 15 is 0 Å². The molecule has 1 aliphatic rings. The van der Waals surface area contributed by atoms with Crippen LogP contribution < -0.4 is 9.64 Å². The predicted molar refractivity (Wildman–Crippen MR) is 80.8 cm³/mol. The van der Waals surface area contributed by atoms with Gasteiger partial charge in [-0.15, -0.1) is 0 Å². The van der Waals surface area contributed by atoms with E-state index in [0.29, 0.717) is 0 Å². The molecule has 3 heteroatoms. The molecule has 0 saturated heterocycles. The van der Waals surface area contributed by atoms with E-state index in [-0.39, 0.29) is 11.0 Å². The van der Waals surface area contributed by atoms with Crippen molar-refractivity contribution in [3.63, 3.8) is 0 Å². The van der Waals surface area contributed by atoms with Crippen molar-refractivity contribution in [2.24, 2.45) is 0 Å². The van der Waals surface area contributed by atoms with Gasteiger partial charge in [-0.2, -0.15) is 0 Å². The zero-order valence-corrected chi connectivity index (χ0v) is 13.7. The minimum atomic E-state index is -0.141. The molecule has 0 saturated carbocycles. The van der Waals surface area contributed by atoms with E-state index in [1.165, 1.54) is 5.56 Å². The number of halogens is 1. The Morgan fingerprint density at radius 3 is 2.44 bits per heavy atom. The number of anilines is 1. The molecule has 2 nitrogen and oxygen atoms in total. The molecule has 1 aliphatic heterocycles. The van der Waals surface area contributed by atoms with E-state index < -0.39 is 0 Å². The van der Waals surface area contributed by atoms with Crippen LogP contribution in [0.1, 0.15) is 40.2 Å². The maximum Gasteiger partial charge on any atom is 0.144 e. The number of nitrogens with zero attached hydrogens (tertiary/aromatic N) is 1. The van der Waals surface area contributed by atoms with Gasteiger partial charge < -0.3 is 9.64 Å². The van der Waals surface area contributed by atoms with Crippen molar-refractivity contribution >= 4 is 21.6 Å². The largest absolute Gasteiger partial charge is 0.484 e. The summed E-state index contributed by atoms with van der Waals surface area (Å²) in [5, 5.41) is 0. The SMILES string of the molecule is CN1CC(C)(C)Oc2cc(C(C)(C)C)cc(Br)c21. The molecule has 100 valence electrons. The first-order valence-electron chi connectivity index (χ1n) is 6.34. The number of rotatable bonds is 0. The lowest BCUT2D eigenvalue weighted by atomic mass is 9.86. The highest BCUT2D eigenvalue weighted by atomic mass is 79.9. The monoisotopic (exact) mass is 311 g/mol. The second kappa shape index (κ2) is 4.16. The van der Waals surface area contributed by atoms with Gasteiger partial charge >= 0.3 is 0 Å². The Labute approximate surface area is 118 Å². The third kappa shape index (κ3) is 2.51. The van der Waals surface area contributed by atoms with Crippen molar-refractivity contribution in [2.75, 3.05) is 18.5 Å². The smallest absolute Gasteiger partial charge is 0.144 e. The van der Waals surface area contributed by atoms with Crippen LogP contribution in [-0.2, 0) is 5.41 Å². The first-order valence-corrected chi connectivity index (χ1v) is 7.14. The van der Waals surface area contributed by atoms with Crippen LogP contribution in [0.5, 0.6) is 5.75 Å². The summed E-state index contributed by atoms with van der Waals surface area (Å²) in [6, 6.07) is 4.38. The highest BCUT2D eigenvalue weighted by Crippen LogP contribution is 2.44. The van der Waals surface area contributed by atoms with Gasteiger partial charge in [-0.25, -0.2) is 0 Å². The van der Waals surface area contributed by atoms with Crippen molar-refractivity contribution in [3.05, 3.63) is 22.2 Å². The van der Waals surface area contributed by atoms with Gasteiger partial charge in [-0.3, -0.25) is 0 Å². The normalized spacial score (nSPS) is 18.3. The molecule has 0 aliphatic carbocycles. The average Bonchev–Trinajstić information content (AvgIpc) is 2.11. The summed E-state index contributed by atoms with van der Waals surface area (Å²) in [5.74, 6) is 0.980. The Morgan fingerprint density at radius 2 is 1.89 bits per heavy atom. The number of hydrogen-bond donors (Lipinski definition) is 0. The highest BCUT2D eigenvalue weighted by Gasteiger charge is 2.32. The molecule has 0 fully saturated rings. The molecule has 18 heavy (non-hydrogen) atoms. The third-order valence-corrected chi connectivity index (χ3v) is 3.88. The maximum atomic E-state index is 6.13. The van der Waals surface area contributed by atoms with Crippen LogP contribution in [0.15, 0.2) is 16.6 Å². The second-order valence-electron chi connectivity index (χ2n) is 6.77. The van der Waals surface area contributed by atoms with E-state index in [0.717, 1.165) is 22.5 Å². The Morgan fingerprint density at radius 1 is 1.28 bits per heavy atom. The number of fused-ring (bicyclic) bond motifs is 1. The molecule has 1 aromatic rings. The van der Waals surface area contributed by atoms with Gasteiger partial charge in [0.15, 0.2) is 0 Å². The molecule has 0 radical (unpaired) electrons. The average molecular weight is 312 g/mol. The Hall–Kier alpha value is -0.700. The molecule has 0 aromatic heterocycles. The van der Waals surface area contributed by atoms with Crippen molar-refractivity contribution in [1.82, 2.24) is 0 Å². The van der Waals surface area contributed by atoms with E-state index in [1.807, 2.05) is 0 Å². The minimum absolute atomic E-state index is 0.126. The fourth-order valence-electron chi connectivity index (χ4n) is 2.44. The van der Waals surface area contributed by atoms with E-state index in [2.05, 4.69) is 74.6 Å². The van der Waals surface area contributed by atoms with Crippen LogP contribution in [0.3, 0.4) is 0 Å². The van der Waals surface area contributed by atoms with E-state index in [4.69, 9.17) is 4.74 Å². The summed E-state index contributed by atoms with van der Waals surface area (Å²) >= 11 is 3.68. The molecular weight excluding hydrogens is 290 g/mol. The predicted octanol–water partition coefficient (Wildman–Crippen LogP) is 4.35. The van der Waals surface area contributed by atoms with Crippen molar-refractivity contribution in [3.8, 4) is 5.75 Å². The Bertz CT molecular complexity index is 474. The van der Waals surface area contributed by atoms with E-state index in [1.54, 1.807) is 0 Å². The van der Waals surface area contributed by atoms with Crippen molar-refractivity contribution in [1.29, 1.82) is 0 Å².